The van der Waals surface area contributed by atoms with Crippen LogP contribution in [0.4, 0.5) is 0 Å². The molecule has 0 spiro atoms. The van der Waals surface area contributed by atoms with Crippen molar-refractivity contribution in [3.63, 3.8) is 0 Å². The van der Waals surface area contributed by atoms with E-state index in [0.717, 1.165) is 17.7 Å². The van der Waals surface area contributed by atoms with Crippen LogP contribution >= 0.6 is 0 Å². The molecule has 21 heavy (non-hydrogen) atoms. The standard InChI is InChI=1S/C17H27NO3/c1-16(2,3)9-10-17(4,15(19)20)18-12-13-7-6-8-14(11-13)21-5/h6-8,11,18H,9-10,12H2,1-5H3,(H,19,20). The molecule has 4 nitrogen and oxygen atoms in total. The van der Waals surface area contributed by atoms with Gasteiger partial charge in [0.2, 0.25) is 0 Å². The Morgan fingerprint density at radius 1 is 1.24 bits per heavy atom. The Hall–Kier alpha value is -1.55. The van der Waals surface area contributed by atoms with Gasteiger partial charge in [0.1, 0.15) is 11.3 Å². The van der Waals surface area contributed by atoms with Gasteiger partial charge in [0, 0.05) is 6.54 Å². The minimum atomic E-state index is -0.920. The Bertz CT molecular complexity index is 479. The molecule has 0 saturated carbocycles. The molecule has 0 heterocycles. The highest BCUT2D eigenvalue weighted by molar-refractivity contribution is 5.78. The number of carboxylic acid groups (broad SMARTS) is 1. The van der Waals surface area contributed by atoms with Gasteiger partial charge in [0.05, 0.1) is 7.11 Å². The third-order valence-electron chi connectivity index (χ3n) is 3.66. The second-order valence-electron chi connectivity index (χ2n) is 6.90. The lowest BCUT2D eigenvalue weighted by Crippen LogP contribution is -2.49. The number of hydrogen-bond donors (Lipinski definition) is 2. The Kier molecular flexibility index (Phi) is 5.78. The van der Waals surface area contributed by atoms with Crippen molar-refractivity contribution in [3.05, 3.63) is 29.8 Å². The van der Waals surface area contributed by atoms with Gasteiger partial charge in [-0.1, -0.05) is 32.9 Å². The summed E-state index contributed by atoms with van der Waals surface area (Å²) in [5, 5.41) is 12.7. The number of carbonyl (C=O) groups is 1. The fraction of sp³-hybridized carbons (Fsp3) is 0.588. The van der Waals surface area contributed by atoms with Gasteiger partial charge in [-0.05, 0) is 42.9 Å². The normalized spacial score (nSPS) is 14.5. The van der Waals surface area contributed by atoms with Crippen LogP contribution in [0.25, 0.3) is 0 Å². The molecule has 1 aromatic carbocycles. The minimum Gasteiger partial charge on any atom is -0.497 e. The largest absolute Gasteiger partial charge is 0.497 e. The smallest absolute Gasteiger partial charge is 0.323 e. The molecular formula is C17H27NO3. The highest BCUT2D eigenvalue weighted by atomic mass is 16.5. The molecule has 0 amide bonds. The summed E-state index contributed by atoms with van der Waals surface area (Å²) in [4.78, 5) is 11.6. The lowest BCUT2D eigenvalue weighted by atomic mass is 9.84. The molecule has 0 bridgehead atoms. The van der Waals surface area contributed by atoms with E-state index in [1.807, 2.05) is 24.3 Å². The molecule has 2 N–H and O–H groups in total. The van der Waals surface area contributed by atoms with Crippen LogP contribution in [0.5, 0.6) is 5.75 Å². The number of rotatable bonds is 7. The summed E-state index contributed by atoms with van der Waals surface area (Å²) in [5.41, 5.74) is 0.211. The lowest BCUT2D eigenvalue weighted by molar-refractivity contribution is -0.144. The van der Waals surface area contributed by atoms with Gasteiger partial charge in [-0.15, -0.1) is 0 Å². The summed E-state index contributed by atoms with van der Waals surface area (Å²) in [7, 11) is 1.62. The third-order valence-corrected chi connectivity index (χ3v) is 3.66. The number of methoxy groups -OCH3 is 1. The van der Waals surface area contributed by atoms with Gasteiger partial charge in [-0.2, -0.15) is 0 Å². The first-order valence-corrected chi connectivity index (χ1v) is 7.28. The van der Waals surface area contributed by atoms with Crippen LogP contribution in [0.1, 0.15) is 46.1 Å². The molecule has 0 fully saturated rings. The van der Waals surface area contributed by atoms with E-state index in [-0.39, 0.29) is 5.41 Å². The summed E-state index contributed by atoms with van der Waals surface area (Å²) in [6.07, 6.45) is 1.44. The van der Waals surface area contributed by atoms with Crippen LogP contribution in [0.15, 0.2) is 24.3 Å². The summed E-state index contributed by atoms with van der Waals surface area (Å²) >= 11 is 0. The maximum Gasteiger partial charge on any atom is 0.323 e. The van der Waals surface area contributed by atoms with Gasteiger partial charge < -0.3 is 9.84 Å². The van der Waals surface area contributed by atoms with Gasteiger partial charge in [-0.25, -0.2) is 0 Å². The van der Waals surface area contributed by atoms with E-state index in [1.165, 1.54) is 0 Å². The molecule has 0 aliphatic heterocycles. The highest BCUT2D eigenvalue weighted by Crippen LogP contribution is 2.26. The average molecular weight is 293 g/mol. The van der Waals surface area contributed by atoms with E-state index in [0.29, 0.717) is 13.0 Å². The topological polar surface area (TPSA) is 58.6 Å². The second-order valence-corrected chi connectivity index (χ2v) is 6.90. The van der Waals surface area contributed by atoms with Gasteiger partial charge in [0.25, 0.3) is 0 Å². The van der Waals surface area contributed by atoms with Gasteiger partial charge in [-0.3, -0.25) is 10.1 Å². The molecule has 4 heteroatoms. The molecule has 1 aromatic rings. The van der Waals surface area contributed by atoms with Crippen LogP contribution in [0.3, 0.4) is 0 Å². The van der Waals surface area contributed by atoms with Gasteiger partial charge >= 0.3 is 5.97 Å². The van der Waals surface area contributed by atoms with Crippen LogP contribution in [-0.2, 0) is 11.3 Å². The number of aliphatic carboxylic acids is 1. The highest BCUT2D eigenvalue weighted by Gasteiger charge is 2.33. The molecule has 0 aliphatic rings. The van der Waals surface area contributed by atoms with E-state index < -0.39 is 11.5 Å². The first kappa shape index (κ1) is 17.5. The average Bonchev–Trinajstić information content (AvgIpc) is 2.42. The molecule has 1 unspecified atom stereocenters. The lowest BCUT2D eigenvalue weighted by Gasteiger charge is -2.30. The molecule has 118 valence electrons. The molecule has 0 radical (unpaired) electrons. The van der Waals surface area contributed by atoms with Crippen LogP contribution in [-0.4, -0.2) is 23.7 Å². The fourth-order valence-corrected chi connectivity index (χ4v) is 1.98. The maximum atomic E-state index is 11.6. The van der Waals surface area contributed by atoms with Crippen molar-refractivity contribution in [1.29, 1.82) is 0 Å². The van der Waals surface area contributed by atoms with Crippen molar-refractivity contribution in [2.75, 3.05) is 7.11 Å². The molecule has 0 aliphatic carbocycles. The van der Waals surface area contributed by atoms with Crippen LogP contribution in [0, 0.1) is 5.41 Å². The number of carboxylic acids is 1. The fourth-order valence-electron chi connectivity index (χ4n) is 1.98. The van der Waals surface area contributed by atoms with Crippen LogP contribution < -0.4 is 10.1 Å². The zero-order valence-corrected chi connectivity index (χ0v) is 13.7. The number of nitrogens with one attached hydrogen (secondary N) is 1. The summed E-state index contributed by atoms with van der Waals surface area (Å²) in [5.74, 6) is -0.0318. The summed E-state index contributed by atoms with van der Waals surface area (Å²) in [6, 6.07) is 7.66. The van der Waals surface area contributed by atoms with E-state index >= 15 is 0 Å². The van der Waals surface area contributed by atoms with Crippen molar-refractivity contribution in [1.82, 2.24) is 5.32 Å². The molecule has 0 aromatic heterocycles. The van der Waals surface area contributed by atoms with Crippen molar-refractivity contribution in [2.45, 2.75) is 52.6 Å². The first-order valence-electron chi connectivity index (χ1n) is 7.28. The maximum absolute atomic E-state index is 11.6. The Labute approximate surface area is 127 Å². The summed E-state index contributed by atoms with van der Waals surface area (Å²) in [6.45, 7) is 8.62. The minimum absolute atomic E-state index is 0.119. The monoisotopic (exact) mass is 293 g/mol. The zero-order valence-electron chi connectivity index (χ0n) is 13.7. The van der Waals surface area contributed by atoms with E-state index in [9.17, 15) is 9.90 Å². The Morgan fingerprint density at radius 2 is 1.90 bits per heavy atom. The molecule has 1 atom stereocenters. The quantitative estimate of drug-likeness (QED) is 0.808. The zero-order chi connectivity index (χ0) is 16.1. The van der Waals surface area contributed by atoms with Crippen LogP contribution in [0.2, 0.25) is 0 Å². The summed E-state index contributed by atoms with van der Waals surface area (Å²) < 4.78 is 5.18. The van der Waals surface area contributed by atoms with Crippen molar-refractivity contribution < 1.29 is 14.6 Å². The predicted molar refractivity (Wildman–Crippen MR) is 84.6 cm³/mol. The number of ether oxygens (including phenoxy) is 1. The van der Waals surface area contributed by atoms with Crippen molar-refractivity contribution in [3.8, 4) is 5.75 Å². The third kappa shape index (κ3) is 5.76. The van der Waals surface area contributed by atoms with E-state index in [4.69, 9.17) is 4.74 Å². The SMILES string of the molecule is COc1cccc(CNC(C)(CCC(C)(C)C)C(=O)O)c1. The second kappa shape index (κ2) is 6.94. The Balaban J connectivity index is 2.71. The number of hydrogen-bond acceptors (Lipinski definition) is 3. The van der Waals surface area contributed by atoms with Crippen molar-refractivity contribution in [2.24, 2.45) is 5.41 Å². The predicted octanol–water partition coefficient (Wildman–Crippen LogP) is 3.45. The number of benzene rings is 1. The van der Waals surface area contributed by atoms with E-state index in [1.54, 1.807) is 14.0 Å². The first-order chi connectivity index (χ1) is 9.66. The Morgan fingerprint density at radius 3 is 2.43 bits per heavy atom. The van der Waals surface area contributed by atoms with E-state index in [2.05, 4.69) is 26.1 Å². The molecular weight excluding hydrogens is 266 g/mol. The molecule has 1 rings (SSSR count). The molecule has 0 saturated heterocycles. The van der Waals surface area contributed by atoms with Crippen molar-refractivity contribution >= 4 is 5.97 Å². The van der Waals surface area contributed by atoms with Gasteiger partial charge in [0.15, 0.2) is 0 Å².